The molecule has 0 aliphatic carbocycles. The number of nitrogens with one attached hydrogen (secondary N) is 1. The summed E-state index contributed by atoms with van der Waals surface area (Å²) >= 11 is 6.12. The number of benzene rings is 1. The minimum Gasteiger partial charge on any atom is -0.345 e. The summed E-state index contributed by atoms with van der Waals surface area (Å²) in [6.07, 6.45) is 5.15. The summed E-state index contributed by atoms with van der Waals surface area (Å²) in [6, 6.07) is 10.3. The Morgan fingerprint density at radius 3 is 2.41 bits per heavy atom. The van der Waals surface area contributed by atoms with Gasteiger partial charge in [-0.15, -0.1) is 0 Å². The lowest BCUT2D eigenvalue weighted by Crippen LogP contribution is -2.30. The Hall–Kier alpha value is -2.55. The summed E-state index contributed by atoms with van der Waals surface area (Å²) in [5, 5.41) is 3.40. The van der Waals surface area contributed by atoms with Crippen LogP contribution >= 0.6 is 11.6 Å². The van der Waals surface area contributed by atoms with Crippen LogP contribution in [0.25, 0.3) is 5.69 Å². The highest BCUT2D eigenvalue weighted by Gasteiger charge is 2.25. The number of anilines is 1. The van der Waals surface area contributed by atoms with Gasteiger partial charge in [-0.1, -0.05) is 25.4 Å². The lowest BCUT2D eigenvalue weighted by atomic mass is 10.2. The molecule has 3 rings (SSSR count). The highest BCUT2D eigenvalue weighted by molar-refractivity contribution is 7.89. The van der Waals surface area contributed by atoms with E-state index in [9.17, 15) is 13.2 Å². The molecule has 0 saturated carbocycles. The average molecular weight is 435 g/mol. The summed E-state index contributed by atoms with van der Waals surface area (Å²) in [4.78, 5) is 13.0. The number of carbonyl (C=O) groups excluding carboxylic acids is 1. The van der Waals surface area contributed by atoms with Gasteiger partial charge in [0.15, 0.2) is 0 Å². The fourth-order valence-electron chi connectivity index (χ4n) is 3.12. The van der Waals surface area contributed by atoms with Crippen molar-refractivity contribution >= 4 is 33.2 Å². The Morgan fingerprint density at radius 2 is 1.79 bits per heavy atom. The Balaban J connectivity index is 1.93. The summed E-state index contributed by atoms with van der Waals surface area (Å²) < 4.78 is 30.2. The van der Waals surface area contributed by atoms with Crippen LogP contribution < -0.4 is 5.32 Å². The van der Waals surface area contributed by atoms with E-state index in [2.05, 4.69) is 5.32 Å². The molecule has 0 aliphatic rings. The van der Waals surface area contributed by atoms with Gasteiger partial charge < -0.3 is 14.5 Å². The molecule has 1 aromatic carbocycles. The molecule has 9 heteroatoms. The molecule has 1 amide bonds. The first-order valence-corrected chi connectivity index (χ1v) is 11.0. The van der Waals surface area contributed by atoms with E-state index in [4.69, 9.17) is 11.6 Å². The number of amides is 1. The normalized spacial score (nSPS) is 11.8. The first-order valence-electron chi connectivity index (χ1n) is 9.18. The third-order valence-corrected chi connectivity index (χ3v) is 6.90. The molecule has 7 nitrogen and oxygen atoms in total. The van der Waals surface area contributed by atoms with Crippen LogP contribution in [0, 0.1) is 0 Å². The lowest BCUT2D eigenvalue weighted by Gasteiger charge is -2.17. The molecular formula is C20H23ClN4O3S. The SMILES string of the molecule is CCN(CC)S(=O)(=O)c1cc(C(=O)Nc2ccc(Cl)cc2-n2cccc2)n(C)c1. The van der Waals surface area contributed by atoms with Gasteiger partial charge in [-0.25, -0.2) is 8.42 Å². The number of sulfonamides is 1. The maximum atomic E-state index is 12.9. The fraction of sp³-hybridized carbons (Fsp3) is 0.250. The Labute approximate surface area is 175 Å². The van der Waals surface area contributed by atoms with Crippen molar-refractivity contribution in [3.63, 3.8) is 0 Å². The van der Waals surface area contributed by atoms with Crippen LogP contribution in [0.2, 0.25) is 5.02 Å². The van der Waals surface area contributed by atoms with Crippen molar-refractivity contribution in [3.05, 3.63) is 65.7 Å². The monoisotopic (exact) mass is 434 g/mol. The Bertz CT molecular complexity index is 1120. The van der Waals surface area contributed by atoms with E-state index in [1.165, 1.54) is 21.1 Å². The van der Waals surface area contributed by atoms with Gasteiger partial charge in [0.2, 0.25) is 10.0 Å². The second kappa shape index (κ2) is 8.44. The van der Waals surface area contributed by atoms with Crippen LogP contribution in [0.4, 0.5) is 5.69 Å². The first-order chi connectivity index (χ1) is 13.8. The van der Waals surface area contributed by atoms with E-state index in [0.717, 1.165) is 0 Å². The molecule has 3 aromatic rings. The zero-order valence-corrected chi connectivity index (χ0v) is 18.0. The maximum absolute atomic E-state index is 12.9. The topological polar surface area (TPSA) is 76.3 Å². The summed E-state index contributed by atoms with van der Waals surface area (Å²) in [5.41, 5.74) is 1.51. The quantitative estimate of drug-likeness (QED) is 0.615. The molecule has 0 unspecified atom stereocenters. The highest BCUT2D eigenvalue weighted by atomic mass is 35.5. The smallest absolute Gasteiger partial charge is 0.272 e. The maximum Gasteiger partial charge on any atom is 0.272 e. The van der Waals surface area contributed by atoms with E-state index >= 15 is 0 Å². The standard InChI is InChI=1S/C20H23ClN4O3S/c1-4-25(5-2)29(27,28)16-13-19(23(3)14-16)20(26)22-17-9-8-15(21)12-18(17)24-10-6-7-11-24/h6-14H,4-5H2,1-3H3,(H,22,26). The number of aromatic nitrogens is 2. The largest absolute Gasteiger partial charge is 0.345 e. The molecule has 0 radical (unpaired) electrons. The van der Waals surface area contributed by atoms with E-state index in [-0.39, 0.29) is 10.6 Å². The van der Waals surface area contributed by atoms with Crippen LogP contribution in [0.3, 0.4) is 0 Å². The van der Waals surface area contributed by atoms with Gasteiger partial charge in [-0.2, -0.15) is 4.31 Å². The summed E-state index contributed by atoms with van der Waals surface area (Å²) in [6.45, 7) is 4.28. The van der Waals surface area contributed by atoms with E-state index < -0.39 is 15.9 Å². The number of halogens is 1. The number of hydrogen-bond donors (Lipinski definition) is 1. The first kappa shape index (κ1) is 21.2. The number of carbonyl (C=O) groups is 1. The summed E-state index contributed by atoms with van der Waals surface area (Å²) in [7, 11) is -2.00. The molecule has 0 bridgehead atoms. The second-order valence-corrected chi connectivity index (χ2v) is 8.84. The van der Waals surface area contributed by atoms with Crippen LogP contribution in [0.1, 0.15) is 24.3 Å². The van der Waals surface area contributed by atoms with Gasteiger partial charge in [0.1, 0.15) is 10.6 Å². The van der Waals surface area contributed by atoms with Crippen molar-refractivity contribution in [3.8, 4) is 5.69 Å². The molecule has 154 valence electrons. The van der Waals surface area contributed by atoms with Gasteiger partial charge in [0.25, 0.3) is 5.91 Å². The average Bonchev–Trinajstić information content (AvgIpc) is 3.34. The second-order valence-electron chi connectivity index (χ2n) is 6.47. The predicted octanol–water partition coefficient (Wildman–Crippen LogP) is 3.75. The van der Waals surface area contributed by atoms with Gasteiger partial charge in [0.05, 0.1) is 11.4 Å². The molecule has 0 saturated heterocycles. The van der Waals surface area contributed by atoms with E-state index in [1.807, 2.05) is 29.1 Å². The van der Waals surface area contributed by atoms with Crippen LogP contribution in [0.15, 0.2) is 59.9 Å². The number of hydrogen-bond acceptors (Lipinski definition) is 3. The van der Waals surface area contributed by atoms with Gasteiger partial charge in [-0.3, -0.25) is 4.79 Å². The van der Waals surface area contributed by atoms with E-state index in [0.29, 0.717) is 29.5 Å². The van der Waals surface area contributed by atoms with Crippen LogP contribution in [-0.4, -0.2) is 40.9 Å². The van der Waals surface area contributed by atoms with E-state index in [1.54, 1.807) is 39.1 Å². The third-order valence-electron chi connectivity index (χ3n) is 4.65. The molecule has 0 fully saturated rings. The number of nitrogens with zero attached hydrogens (tertiary/aromatic N) is 3. The van der Waals surface area contributed by atoms with Crippen molar-refractivity contribution in [1.29, 1.82) is 0 Å². The minimum atomic E-state index is -3.65. The zero-order valence-electron chi connectivity index (χ0n) is 16.5. The van der Waals surface area contributed by atoms with Crippen molar-refractivity contribution in [2.24, 2.45) is 7.05 Å². The minimum absolute atomic E-state index is 0.0931. The molecule has 0 spiro atoms. The Kier molecular flexibility index (Phi) is 6.16. The third kappa shape index (κ3) is 4.24. The van der Waals surface area contributed by atoms with Gasteiger partial charge in [0, 0.05) is 43.8 Å². The molecule has 0 atom stereocenters. The van der Waals surface area contributed by atoms with Crippen molar-refractivity contribution in [1.82, 2.24) is 13.4 Å². The molecule has 2 heterocycles. The van der Waals surface area contributed by atoms with Crippen LogP contribution in [0.5, 0.6) is 0 Å². The van der Waals surface area contributed by atoms with Crippen molar-refractivity contribution < 1.29 is 13.2 Å². The molecular weight excluding hydrogens is 412 g/mol. The summed E-state index contributed by atoms with van der Waals surface area (Å²) in [5.74, 6) is -0.413. The van der Waals surface area contributed by atoms with Crippen molar-refractivity contribution in [2.75, 3.05) is 18.4 Å². The lowest BCUT2D eigenvalue weighted by molar-refractivity contribution is 0.101. The predicted molar refractivity (Wildman–Crippen MR) is 114 cm³/mol. The van der Waals surface area contributed by atoms with Crippen molar-refractivity contribution in [2.45, 2.75) is 18.7 Å². The Morgan fingerprint density at radius 1 is 1.14 bits per heavy atom. The fourth-order valence-corrected chi connectivity index (χ4v) is 4.82. The molecule has 2 aromatic heterocycles. The van der Waals surface area contributed by atoms with Crippen LogP contribution in [-0.2, 0) is 17.1 Å². The molecule has 29 heavy (non-hydrogen) atoms. The number of aryl methyl sites for hydroxylation is 1. The number of rotatable bonds is 7. The zero-order chi connectivity index (χ0) is 21.2. The molecule has 1 N–H and O–H groups in total. The highest BCUT2D eigenvalue weighted by Crippen LogP contribution is 2.26. The molecule has 0 aliphatic heterocycles. The van der Waals surface area contributed by atoms with Gasteiger partial charge >= 0.3 is 0 Å². The van der Waals surface area contributed by atoms with Gasteiger partial charge in [-0.05, 0) is 36.4 Å².